The lowest BCUT2D eigenvalue weighted by Crippen LogP contribution is -2.50. The van der Waals surface area contributed by atoms with Crippen molar-refractivity contribution in [1.82, 2.24) is 5.32 Å². The van der Waals surface area contributed by atoms with Crippen LogP contribution in [-0.2, 0) is 11.2 Å². The number of hydrogen-bond donors (Lipinski definition) is 1. The van der Waals surface area contributed by atoms with Crippen molar-refractivity contribution < 1.29 is 9.53 Å². The van der Waals surface area contributed by atoms with Gasteiger partial charge in [-0.2, -0.15) is 0 Å². The molecular formula is C19H27NO2. The highest BCUT2D eigenvalue weighted by atomic mass is 16.5. The van der Waals surface area contributed by atoms with Gasteiger partial charge in [-0.1, -0.05) is 26.0 Å². The maximum atomic E-state index is 11.7. The summed E-state index contributed by atoms with van der Waals surface area (Å²) in [6.45, 7) is 6.20. The summed E-state index contributed by atoms with van der Waals surface area (Å²) in [4.78, 5) is 11.7. The topological polar surface area (TPSA) is 38.3 Å². The molecular weight excluding hydrogens is 274 g/mol. The second-order valence-electron chi connectivity index (χ2n) is 7.55. The summed E-state index contributed by atoms with van der Waals surface area (Å²) in [6, 6.07) is 8.63. The van der Waals surface area contributed by atoms with E-state index in [1.807, 2.05) is 38.1 Å². The Morgan fingerprint density at radius 1 is 1.27 bits per heavy atom. The van der Waals surface area contributed by atoms with Crippen LogP contribution in [0, 0.1) is 5.92 Å². The molecule has 0 amide bonds. The molecule has 0 saturated heterocycles. The van der Waals surface area contributed by atoms with E-state index in [2.05, 4.69) is 12.2 Å². The van der Waals surface area contributed by atoms with Crippen LogP contribution in [0.25, 0.3) is 0 Å². The molecule has 0 bridgehead atoms. The Labute approximate surface area is 133 Å². The van der Waals surface area contributed by atoms with Crippen LogP contribution in [0.4, 0.5) is 0 Å². The average Bonchev–Trinajstić information content (AvgIpc) is 3.16. The molecule has 120 valence electrons. The lowest BCUT2D eigenvalue weighted by Gasteiger charge is -2.37. The van der Waals surface area contributed by atoms with Gasteiger partial charge in [-0.3, -0.25) is 4.79 Å². The van der Waals surface area contributed by atoms with Crippen molar-refractivity contribution in [3.05, 3.63) is 29.8 Å². The van der Waals surface area contributed by atoms with Crippen LogP contribution in [0.15, 0.2) is 24.3 Å². The number of Topliss-reactive ketones (excluding diaryl/α,β-unsaturated/α-hetero) is 1. The molecule has 1 aromatic carbocycles. The first-order valence-electron chi connectivity index (χ1n) is 8.49. The van der Waals surface area contributed by atoms with Crippen molar-refractivity contribution in [2.24, 2.45) is 5.92 Å². The highest BCUT2D eigenvalue weighted by Gasteiger charge is 2.42. The Hall–Kier alpha value is -1.35. The summed E-state index contributed by atoms with van der Waals surface area (Å²) in [5.74, 6) is 1.31. The molecule has 0 radical (unpaired) electrons. The number of nitrogens with one attached hydrogen (secondary N) is 1. The summed E-state index contributed by atoms with van der Waals surface area (Å²) in [5.41, 5.74) is 1.49. The fourth-order valence-electron chi connectivity index (χ4n) is 2.89. The molecule has 3 heteroatoms. The van der Waals surface area contributed by atoms with Gasteiger partial charge in [0, 0.05) is 23.9 Å². The van der Waals surface area contributed by atoms with Gasteiger partial charge in [0.15, 0.2) is 0 Å². The molecule has 0 unspecified atom stereocenters. The molecule has 2 saturated carbocycles. The van der Waals surface area contributed by atoms with Gasteiger partial charge in [0.1, 0.15) is 17.6 Å². The second-order valence-corrected chi connectivity index (χ2v) is 7.55. The van der Waals surface area contributed by atoms with E-state index in [9.17, 15) is 4.79 Å². The third kappa shape index (κ3) is 3.89. The highest BCUT2D eigenvalue weighted by molar-refractivity contribution is 5.82. The van der Waals surface area contributed by atoms with Gasteiger partial charge in [0.25, 0.3) is 0 Å². The lowest BCUT2D eigenvalue weighted by atomic mass is 9.88. The maximum absolute atomic E-state index is 11.7. The Bertz CT molecular complexity index is 525. The monoisotopic (exact) mass is 301 g/mol. The Balaban J connectivity index is 1.43. The molecule has 2 aliphatic rings. The van der Waals surface area contributed by atoms with E-state index in [0.29, 0.717) is 24.1 Å². The third-order valence-electron chi connectivity index (χ3n) is 4.90. The first kappa shape index (κ1) is 15.5. The van der Waals surface area contributed by atoms with E-state index in [-0.39, 0.29) is 11.7 Å². The molecule has 3 nitrogen and oxygen atoms in total. The fourth-order valence-corrected chi connectivity index (χ4v) is 2.89. The zero-order chi connectivity index (χ0) is 15.7. The molecule has 22 heavy (non-hydrogen) atoms. The van der Waals surface area contributed by atoms with Crippen LogP contribution < -0.4 is 10.1 Å². The number of hydrogen-bond acceptors (Lipinski definition) is 3. The highest BCUT2D eigenvalue weighted by Crippen LogP contribution is 2.38. The first-order chi connectivity index (χ1) is 10.4. The van der Waals surface area contributed by atoms with Gasteiger partial charge >= 0.3 is 0 Å². The molecule has 2 fully saturated rings. The molecule has 0 spiro atoms. The van der Waals surface area contributed by atoms with Crippen molar-refractivity contribution in [1.29, 1.82) is 0 Å². The standard InChI is InChI=1S/C19H27NO2/c1-13(2)18(21)10-14-4-6-16(7-5-14)22-17-11-15(12-17)20-19(3)8-9-19/h4-7,13,15,17,20H,8-12H2,1-3H3. The van der Waals surface area contributed by atoms with Crippen molar-refractivity contribution >= 4 is 5.78 Å². The van der Waals surface area contributed by atoms with Crippen LogP contribution in [0.3, 0.4) is 0 Å². The number of carbonyl (C=O) groups is 1. The van der Waals surface area contributed by atoms with Crippen molar-refractivity contribution in [2.45, 2.75) is 70.6 Å². The van der Waals surface area contributed by atoms with Gasteiger partial charge in [0.05, 0.1) is 0 Å². The van der Waals surface area contributed by atoms with Crippen molar-refractivity contribution in [3.8, 4) is 5.75 Å². The second kappa shape index (κ2) is 6.04. The Morgan fingerprint density at radius 3 is 2.45 bits per heavy atom. The van der Waals surface area contributed by atoms with E-state index in [0.717, 1.165) is 24.2 Å². The van der Waals surface area contributed by atoms with Crippen LogP contribution in [-0.4, -0.2) is 23.5 Å². The molecule has 0 heterocycles. The zero-order valence-electron chi connectivity index (χ0n) is 13.9. The third-order valence-corrected chi connectivity index (χ3v) is 4.90. The van der Waals surface area contributed by atoms with E-state index in [1.165, 1.54) is 12.8 Å². The normalized spacial score (nSPS) is 25.6. The molecule has 0 atom stereocenters. The van der Waals surface area contributed by atoms with Crippen molar-refractivity contribution in [3.63, 3.8) is 0 Å². The minimum Gasteiger partial charge on any atom is -0.490 e. The van der Waals surface area contributed by atoms with Crippen LogP contribution in [0.5, 0.6) is 5.75 Å². The lowest BCUT2D eigenvalue weighted by molar-refractivity contribution is -0.121. The number of rotatable bonds is 7. The quantitative estimate of drug-likeness (QED) is 0.837. The Morgan fingerprint density at radius 2 is 1.91 bits per heavy atom. The van der Waals surface area contributed by atoms with E-state index in [4.69, 9.17) is 4.74 Å². The first-order valence-corrected chi connectivity index (χ1v) is 8.49. The number of benzene rings is 1. The smallest absolute Gasteiger partial charge is 0.139 e. The number of ketones is 1. The van der Waals surface area contributed by atoms with E-state index >= 15 is 0 Å². The Kier molecular flexibility index (Phi) is 4.26. The molecule has 3 rings (SSSR count). The predicted molar refractivity (Wildman–Crippen MR) is 88.2 cm³/mol. The van der Waals surface area contributed by atoms with Gasteiger partial charge in [0.2, 0.25) is 0 Å². The van der Waals surface area contributed by atoms with Gasteiger partial charge in [-0.05, 0) is 50.3 Å². The van der Waals surface area contributed by atoms with Crippen LogP contribution in [0.2, 0.25) is 0 Å². The van der Waals surface area contributed by atoms with Crippen LogP contribution in [0.1, 0.15) is 52.0 Å². The summed E-state index contributed by atoms with van der Waals surface area (Å²) in [7, 11) is 0. The number of ether oxygens (including phenoxy) is 1. The molecule has 1 N–H and O–H groups in total. The zero-order valence-corrected chi connectivity index (χ0v) is 13.9. The number of carbonyl (C=O) groups excluding carboxylic acids is 1. The predicted octanol–water partition coefficient (Wildman–Crippen LogP) is 3.51. The minimum atomic E-state index is 0.101. The van der Waals surface area contributed by atoms with E-state index in [1.54, 1.807) is 0 Å². The average molecular weight is 301 g/mol. The van der Waals surface area contributed by atoms with Gasteiger partial charge in [-0.25, -0.2) is 0 Å². The molecule has 1 aromatic rings. The largest absolute Gasteiger partial charge is 0.490 e. The molecule has 0 aliphatic heterocycles. The van der Waals surface area contributed by atoms with Crippen LogP contribution >= 0.6 is 0 Å². The maximum Gasteiger partial charge on any atom is 0.139 e. The molecule has 0 aromatic heterocycles. The summed E-state index contributed by atoms with van der Waals surface area (Å²) < 4.78 is 6.00. The van der Waals surface area contributed by atoms with E-state index < -0.39 is 0 Å². The summed E-state index contributed by atoms with van der Waals surface area (Å²) in [5, 5.41) is 3.71. The summed E-state index contributed by atoms with van der Waals surface area (Å²) in [6.07, 6.45) is 5.68. The molecule has 2 aliphatic carbocycles. The van der Waals surface area contributed by atoms with Gasteiger partial charge < -0.3 is 10.1 Å². The van der Waals surface area contributed by atoms with Gasteiger partial charge in [-0.15, -0.1) is 0 Å². The van der Waals surface area contributed by atoms with Crippen molar-refractivity contribution in [2.75, 3.05) is 0 Å². The fraction of sp³-hybridized carbons (Fsp3) is 0.632. The minimum absolute atomic E-state index is 0.101. The summed E-state index contributed by atoms with van der Waals surface area (Å²) >= 11 is 0. The SMILES string of the molecule is CC(C)C(=O)Cc1ccc(OC2CC(NC3(C)CC3)C2)cc1.